The van der Waals surface area contributed by atoms with E-state index < -0.39 is 17.3 Å². The van der Waals surface area contributed by atoms with E-state index in [2.05, 4.69) is 10.3 Å². The van der Waals surface area contributed by atoms with Gasteiger partial charge in [0, 0.05) is 25.4 Å². The number of hydrogen-bond donors (Lipinski definition) is 1. The molecule has 2 atom stereocenters. The maximum atomic E-state index is 13.1. The largest absolute Gasteiger partial charge is 0.496 e. The van der Waals surface area contributed by atoms with Gasteiger partial charge >= 0.3 is 6.18 Å². The van der Waals surface area contributed by atoms with Crippen molar-refractivity contribution >= 4 is 5.91 Å². The second-order valence-electron chi connectivity index (χ2n) is 8.13. The third-order valence-corrected chi connectivity index (χ3v) is 6.24. The summed E-state index contributed by atoms with van der Waals surface area (Å²) in [5.41, 5.74) is 1.67. The van der Waals surface area contributed by atoms with E-state index in [1.807, 2.05) is 20.0 Å². The summed E-state index contributed by atoms with van der Waals surface area (Å²) in [6.07, 6.45) is -0.427. The number of pyridine rings is 1. The molecule has 0 saturated carbocycles. The van der Waals surface area contributed by atoms with Gasteiger partial charge in [0.15, 0.2) is 0 Å². The molecule has 0 unspecified atom stereocenters. The van der Waals surface area contributed by atoms with E-state index in [-0.39, 0.29) is 17.7 Å². The van der Waals surface area contributed by atoms with Crippen LogP contribution in [0.5, 0.6) is 5.75 Å². The number of nitrogens with zero attached hydrogens (tertiary/aromatic N) is 2. The highest BCUT2D eigenvalue weighted by Crippen LogP contribution is 2.41. The maximum absolute atomic E-state index is 13.1. The molecule has 4 rings (SSSR count). The number of aryl methyl sites for hydroxylation is 1. The van der Waals surface area contributed by atoms with Crippen LogP contribution in [0.25, 0.3) is 11.1 Å². The zero-order valence-corrected chi connectivity index (χ0v) is 17.1. The first-order valence-corrected chi connectivity index (χ1v) is 9.90. The minimum Gasteiger partial charge on any atom is -0.496 e. The standard InChI is InChI=1S/C22H24F3N3O2/c1-13-12-26-18(17-6-7-21(27-17)8-9-28(2)20(21)29)11-16(13)15-5-4-14(22(23,24)25)10-19(15)30-3/h4-5,10-12,17,27H,6-9H2,1-3H3/t17-,21+/m0/s1. The molecular weight excluding hydrogens is 395 g/mol. The molecule has 160 valence electrons. The Labute approximate surface area is 173 Å². The molecule has 5 nitrogen and oxygen atoms in total. The minimum absolute atomic E-state index is 0.0831. The molecule has 2 fully saturated rings. The summed E-state index contributed by atoms with van der Waals surface area (Å²) in [6.45, 7) is 2.59. The summed E-state index contributed by atoms with van der Waals surface area (Å²) >= 11 is 0. The van der Waals surface area contributed by atoms with Gasteiger partial charge in [0.25, 0.3) is 0 Å². The van der Waals surface area contributed by atoms with Gasteiger partial charge < -0.3 is 9.64 Å². The molecule has 30 heavy (non-hydrogen) atoms. The van der Waals surface area contributed by atoms with Gasteiger partial charge in [-0.15, -0.1) is 0 Å². The number of ether oxygens (including phenoxy) is 1. The molecule has 1 spiro atoms. The number of aromatic nitrogens is 1. The van der Waals surface area contributed by atoms with Gasteiger partial charge in [-0.2, -0.15) is 13.2 Å². The molecule has 1 aromatic heterocycles. The van der Waals surface area contributed by atoms with Gasteiger partial charge in [-0.05, 0) is 55.5 Å². The van der Waals surface area contributed by atoms with Crippen LogP contribution in [0.4, 0.5) is 13.2 Å². The zero-order valence-electron chi connectivity index (χ0n) is 17.1. The molecular formula is C22H24F3N3O2. The lowest BCUT2D eigenvalue weighted by Gasteiger charge is -2.23. The van der Waals surface area contributed by atoms with E-state index >= 15 is 0 Å². The maximum Gasteiger partial charge on any atom is 0.416 e. The first-order valence-electron chi connectivity index (χ1n) is 9.90. The van der Waals surface area contributed by atoms with Crippen molar-refractivity contribution in [3.8, 4) is 16.9 Å². The number of likely N-dealkylation sites (tertiary alicyclic amines) is 1. The van der Waals surface area contributed by atoms with Gasteiger partial charge in [0.05, 0.1) is 24.4 Å². The molecule has 0 bridgehead atoms. The van der Waals surface area contributed by atoms with E-state index in [0.29, 0.717) is 5.56 Å². The number of likely N-dealkylation sites (N-methyl/N-ethyl adjacent to an activating group) is 1. The normalized spacial score (nSPS) is 24.1. The minimum atomic E-state index is -4.44. The second-order valence-corrected chi connectivity index (χ2v) is 8.13. The van der Waals surface area contributed by atoms with E-state index in [0.717, 1.165) is 54.8 Å². The Kier molecular flexibility index (Phi) is 5.00. The highest BCUT2D eigenvalue weighted by atomic mass is 19.4. The van der Waals surface area contributed by atoms with Crippen LogP contribution in [-0.4, -0.2) is 42.0 Å². The Balaban J connectivity index is 1.68. The van der Waals surface area contributed by atoms with Crippen molar-refractivity contribution in [2.75, 3.05) is 20.7 Å². The van der Waals surface area contributed by atoms with Crippen molar-refractivity contribution in [1.29, 1.82) is 0 Å². The van der Waals surface area contributed by atoms with Crippen molar-refractivity contribution in [3.63, 3.8) is 0 Å². The lowest BCUT2D eigenvalue weighted by atomic mass is 9.95. The van der Waals surface area contributed by atoms with Crippen molar-refractivity contribution in [2.24, 2.45) is 0 Å². The monoisotopic (exact) mass is 419 g/mol. The Bertz CT molecular complexity index is 992. The van der Waals surface area contributed by atoms with Crippen molar-refractivity contribution in [3.05, 3.63) is 47.3 Å². The van der Waals surface area contributed by atoms with Crippen molar-refractivity contribution in [1.82, 2.24) is 15.2 Å². The number of halogens is 3. The fourth-order valence-electron chi connectivity index (χ4n) is 4.50. The number of rotatable bonds is 3. The Morgan fingerprint density at radius 3 is 2.63 bits per heavy atom. The van der Waals surface area contributed by atoms with E-state index in [1.165, 1.54) is 13.2 Å². The average molecular weight is 419 g/mol. The summed E-state index contributed by atoms with van der Waals surface area (Å²) in [4.78, 5) is 18.9. The molecule has 0 aliphatic carbocycles. The Morgan fingerprint density at radius 1 is 1.23 bits per heavy atom. The number of amides is 1. The lowest BCUT2D eigenvalue weighted by molar-refractivity contribution is -0.137. The molecule has 2 aromatic rings. The number of hydrogen-bond acceptors (Lipinski definition) is 4. The zero-order chi connectivity index (χ0) is 21.7. The lowest BCUT2D eigenvalue weighted by Crippen LogP contribution is -2.47. The molecule has 2 aliphatic heterocycles. The van der Waals surface area contributed by atoms with E-state index in [9.17, 15) is 18.0 Å². The van der Waals surface area contributed by atoms with E-state index in [4.69, 9.17) is 4.74 Å². The van der Waals surface area contributed by atoms with Crippen LogP contribution in [0.3, 0.4) is 0 Å². The van der Waals surface area contributed by atoms with Crippen molar-refractivity contribution in [2.45, 2.75) is 43.9 Å². The van der Waals surface area contributed by atoms with E-state index in [1.54, 1.807) is 11.1 Å². The van der Waals surface area contributed by atoms with Crippen LogP contribution in [0.2, 0.25) is 0 Å². The predicted molar refractivity (Wildman–Crippen MR) is 106 cm³/mol. The van der Waals surface area contributed by atoms with Crippen LogP contribution in [0.1, 0.15) is 42.1 Å². The average Bonchev–Trinajstić information content (AvgIpc) is 3.27. The van der Waals surface area contributed by atoms with Crippen LogP contribution >= 0.6 is 0 Å². The molecule has 1 aromatic carbocycles. The fourth-order valence-corrected chi connectivity index (χ4v) is 4.50. The van der Waals surface area contributed by atoms with Crippen LogP contribution in [0, 0.1) is 6.92 Å². The van der Waals surface area contributed by atoms with Crippen LogP contribution in [-0.2, 0) is 11.0 Å². The van der Waals surface area contributed by atoms with Crippen LogP contribution in [0.15, 0.2) is 30.5 Å². The molecule has 3 heterocycles. The number of alkyl halides is 3. The quantitative estimate of drug-likeness (QED) is 0.814. The number of carbonyl (C=O) groups excluding carboxylic acids is 1. The molecule has 1 amide bonds. The predicted octanol–water partition coefficient (Wildman–Crippen LogP) is 4.11. The summed E-state index contributed by atoms with van der Waals surface area (Å²) in [6, 6.07) is 5.32. The number of benzene rings is 1. The SMILES string of the molecule is COc1cc(C(F)(F)F)ccc1-c1cc([C@@H]2CC[C@]3(CCN(C)C3=O)N2)ncc1C. The van der Waals surface area contributed by atoms with Crippen molar-refractivity contribution < 1.29 is 22.7 Å². The molecule has 0 radical (unpaired) electrons. The fraction of sp³-hybridized carbons (Fsp3) is 0.455. The summed E-state index contributed by atoms with van der Waals surface area (Å²) in [5.74, 6) is 0.273. The second kappa shape index (κ2) is 7.27. The van der Waals surface area contributed by atoms with Gasteiger partial charge in [0.2, 0.25) is 5.91 Å². The number of carbonyl (C=O) groups is 1. The summed E-state index contributed by atoms with van der Waals surface area (Å²) in [7, 11) is 3.17. The molecule has 8 heteroatoms. The first-order chi connectivity index (χ1) is 14.1. The van der Waals surface area contributed by atoms with Crippen LogP contribution < -0.4 is 10.1 Å². The molecule has 1 N–H and O–H groups in total. The Hall–Kier alpha value is -2.61. The van der Waals surface area contributed by atoms with Gasteiger partial charge in [0.1, 0.15) is 11.3 Å². The third-order valence-electron chi connectivity index (χ3n) is 6.24. The topological polar surface area (TPSA) is 54.5 Å². The summed E-state index contributed by atoms with van der Waals surface area (Å²) in [5, 5.41) is 3.48. The van der Waals surface area contributed by atoms with Gasteiger partial charge in [-0.25, -0.2) is 0 Å². The third kappa shape index (κ3) is 3.43. The highest BCUT2D eigenvalue weighted by Gasteiger charge is 2.50. The number of methoxy groups -OCH3 is 1. The van der Waals surface area contributed by atoms with Gasteiger partial charge in [-0.3, -0.25) is 15.1 Å². The first kappa shape index (κ1) is 20.7. The molecule has 2 saturated heterocycles. The summed E-state index contributed by atoms with van der Waals surface area (Å²) < 4.78 is 44.5. The highest BCUT2D eigenvalue weighted by molar-refractivity contribution is 5.88. The Morgan fingerprint density at radius 2 is 2.00 bits per heavy atom. The van der Waals surface area contributed by atoms with Gasteiger partial charge in [-0.1, -0.05) is 6.07 Å². The number of nitrogens with one attached hydrogen (secondary N) is 1. The smallest absolute Gasteiger partial charge is 0.416 e. The molecule has 2 aliphatic rings.